The van der Waals surface area contributed by atoms with Crippen LogP contribution in [0.25, 0.3) is 11.3 Å². The van der Waals surface area contributed by atoms with Crippen LogP contribution in [0.4, 0.5) is 19.0 Å². The molecule has 1 aromatic carbocycles. The lowest BCUT2D eigenvalue weighted by Crippen LogP contribution is -2.47. The molecular formula is C25H29F3N6O3. The van der Waals surface area contributed by atoms with Gasteiger partial charge in [0, 0.05) is 49.6 Å². The molecule has 0 amide bonds. The van der Waals surface area contributed by atoms with Crippen LogP contribution in [0, 0.1) is 0 Å². The van der Waals surface area contributed by atoms with Crippen LogP contribution < -0.4 is 15.8 Å². The number of fused-ring (bicyclic) bond motifs is 2. The highest BCUT2D eigenvalue weighted by molar-refractivity contribution is 5.64. The molecule has 1 fully saturated rings. The van der Waals surface area contributed by atoms with Gasteiger partial charge in [0.05, 0.1) is 18.3 Å². The van der Waals surface area contributed by atoms with Crippen LogP contribution in [-0.2, 0) is 16.7 Å². The number of methoxy groups -OCH3 is 1. The van der Waals surface area contributed by atoms with Gasteiger partial charge in [0.15, 0.2) is 17.9 Å². The number of anilines is 1. The van der Waals surface area contributed by atoms with Crippen molar-refractivity contribution < 1.29 is 27.8 Å². The van der Waals surface area contributed by atoms with Crippen LogP contribution in [0.3, 0.4) is 0 Å². The monoisotopic (exact) mass is 518 g/mol. The molecule has 9 nitrogen and oxygen atoms in total. The molecule has 2 unspecified atom stereocenters. The number of halogens is 3. The average Bonchev–Trinajstić information content (AvgIpc) is 3.57. The Morgan fingerprint density at radius 1 is 1.19 bits per heavy atom. The van der Waals surface area contributed by atoms with E-state index in [-0.39, 0.29) is 17.3 Å². The molecule has 2 aliphatic heterocycles. The van der Waals surface area contributed by atoms with Gasteiger partial charge in [-0.3, -0.25) is 14.9 Å². The quantitative estimate of drug-likeness (QED) is 0.391. The van der Waals surface area contributed by atoms with Gasteiger partial charge < -0.3 is 20.3 Å². The van der Waals surface area contributed by atoms with Crippen LogP contribution in [0.15, 0.2) is 48.7 Å². The Labute approximate surface area is 212 Å². The largest absolute Gasteiger partial charge is 0.573 e. The van der Waals surface area contributed by atoms with Crippen molar-refractivity contribution in [3.05, 3.63) is 59.9 Å². The number of aliphatic hydroxyl groups excluding tert-OH is 1. The fourth-order valence-corrected chi connectivity index (χ4v) is 5.31. The number of nitrogens with one attached hydrogen (secondary N) is 1. The number of nitrogens with two attached hydrogens (primary N) is 1. The lowest BCUT2D eigenvalue weighted by Gasteiger charge is -2.30. The summed E-state index contributed by atoms with van der Waals surface area (Å²) < 4.78 is 49.5. The van der Waals surface area contributed by atoms with Crippen molar-refractivity contribution in [1.29, 1.82) is 0 Å². The number of pyridine rings is 1. The first-order valence-corrected chi connectivity index (χ1v) is 12.0. The molecule has 1 saturated heterocycles. The summed E-state index contributed by atoms with van der Waals surface area (Å²) in [6.07, 6.45) is -2.68. The van der Waals surface area contributed by atoms with E-state index in [0.717, 1.165) is 24.1 Å². The predicted molar refractivity (Wildman–Crippen MR) is 129 cm³/mol. The van der Waals surface area contributed by atoms with E-state index >= 15 is 0 Å². The van der Waals surface area contributed by atoms with Gasteiger partial charge in [-0.1, -0.05) is 30.3 Å². The highest BCUT2D eigenvalue weighted by Crippen LogP contribution is 2.44. The molecule has 3 atom stereocenters. The van der Waals surface area contributed by atoms with Crippen LogP contribution in [0.2, 0.25) is 0 Å². The van der Waals surface area contributed by atoms with Crippen molar-refractivity contribution in [3.8, 4) is 17.0 Å². The fourth-order valence-electron chi connectivity index (χ4n) is 5.31. The Balaban J connectivity index is 1.32. The highest BCUT2D eigenvalue weighted by Gasteiger charge is 2.47. The molecule has 4 N–H and O–H groups in total. The minimum absolute atomic E-state index is 0.176. The Kier molecular flexibility index (Phi) is 6.84. The minimum atomic E-state index is -4.88. The molecule has 12 heteroatoms. The lowest BCUT2D eigenvalue weighted by molar-refractivity contribution is -0.274. The summed E-state index contributed by atoms with van der Waals surface area (Å²) >= 11 is 0. The molecular weight excluding hydrogens is 489 g/mol. The first-order valence-electron chi connectivity index (χ1n) is 12.0. The second-order valence-corrected chi connectivity index (χ2v) is 9.50. The van der Waals surface area contributed by atoms with Crippen LogP contribution in [0.5, 0.6) is 5.75 Å². The number of alkyl halides is 3. The zero-order chi connectivity index (χ0) is 26.2. The number of nitrogen functional groups attached to an aromatic ring is 1. The maximum absolute atomic E-state index is 12.7. The van der Waals surface area contributed by atoms with Crippen molar-refractivity contribution in [2.24, 2.45) is 0 Å². The van der Waals surface area contributed by atoms with Gasteiger partial charge in [0.2, 0.25) is 0 Å². The van der Waals surface area contributed by atoms with E-state index in [1.165, 1.54) is 12.3 Å². The number of aliphatic hydroxyl groups is 1. The highest BCUT2D eigenvalue weighted by atomic mass is 19.4. The molecule has 0 aliphatic carbocycles. The molecule has 2 aliphatic rings. The number of nitrogens with zero attached hydrogens (tertiary/aromatic N) is 4. The summed E-state index contributed by atoms with van der Waals surface area (Å²) in [4.78, 5) is 5.85. The third-order valence-corrected chi connectivity index (χ3v) is 7.14. The number of benzene rings is 1. The first-order chi connectivity index (χ1) is 17.7. The standard InChI is InChI=1S/C25H29F3N6O3/c1-36-14-19(16-5-3-2-4-6-16)31-23(35)33-9-7-24(15-33)8-10-34-21(24)12-18(32-34)17-11-20(22(29)30-13-17)37-25(26,27)28/h2-6,11-13,19,23,31,35H,7-10,14-15H2,1H3,(H2,29,30)/t19-,23?,24?/m1/s1. The van der Waals surface area contributed by atoms with E-state index in [0.29, 0.717) is 37.5 Å². The summed E-state index contributed by atoms with van der Waals surface area (Å²) in [6.45, 7) is 2.38. The molecule has 0 radical (unpaired) electrons. The molecule has 0 bridgehead atoms. The SMILES string of the molecule is COC[C@@H](NC(O)N1CCC2(CCn3nc(-c4cnc(N)c(OC(F)(F)F)c4)cc32)C1)c1ccccc1. The first kappa shape index (κ1) is 25.5. The molecule has 198 valence electrons. The number of likely N-dealkylation sites (tertiary alicyclic amines) is 1. The third kappa shape index (κ3) is 5.28. The minimum Gasteiger partial charge on any atom is -0.402 e. The Morgan fingerprint density at radius 3 is 2.68 bits per heavy atom. The Bertz CT molecular complexity index is 1240. The Hall–Kier alpha value is -3.19. The van der Waals surface area contributed by atoms with Gasteiger partial charge in [0.1, 0.15) is 0 Å². The van der Waals surface area contributed by atoms with Crippen molar-refractivity contribution in [1.82, 2.24) is 25.0 Å². The van der Waals surface area contributed by atoms with Crippen molar-refractivity contribution >= 4 is 5.82 Å². The number of hydrogen-bond donors (Lipinski definition) is 3. The van der Waals surface area contributed by atoms with Crippen molar-refractivity contribution in [2.45, 2.75) is 43.6 Å². The van der Waals surface area contributed by atoms with Gasteiger partial charge in [-0.05, 0) is 30.5 Å². The smallest absolute Gasteiger partial charge is 0.402 e. The van der Waals surface area contributed by atoms with Crippen LogP contribution >= 0.6 is 0 Å². The van der Waals surface area contributed by atoms with E-state index in [2.05, 4.69) is 20.1 Å². The van der Waals surface area contributed by atoms with Crippen molar-refractivity contribution in [2.75, 3.05) is 32.5 Å². The number of aryl methyl sites for hydroxylation is 1. The molecule has 1 spiro atoms. The zero-order valence-electron chi connectivity index (χ0n) is 20.3. The Morgan fingerprint density at radius 2 is 1.95 bits per heavy atom. The lowest BCUT2D eigenvalue weighted by atomic mass is 9.82. The van der Waals surface area contributed by atoms with E-state index in [4.69, 9.17) is 10.5 Å². The fraction of sp³-hybridized carbons (Fsp3) is 0.440. The maximum atomic E-state index is 12.7. The van der Waals surface area contributed by atoms with Crippen molar-refractivity contribution in [3.63, 3.8) is 0 Å². The van der Waals surface area contributed by atoms with Crippen LogP contribution in [-0.4, -0.2) is 64.3 Å². The molecule has 37 heavy (non-hydrogen) atoms. The summed E-state index contributed by atoms with van der Waals surface area (Å²) in [6, 6.07) is 12.7. The van der Waals surface area contributed by atoms with Gasteiger partial charge in [-0.2, -0.15) is 5.10 Å². The van der Waals surface area contributed by atoms with E-state index in [1.54, 1.807) is 7.11 Å². The topological polar surface area (TPSA) is 111 Å². The summed E-state index contributed by atoms with van der Waals surface area (Å²) in [5, 5.41) is 18.9. The zero-order valence-corrected chi connectivity index (χ0v) is 20.3. The summed E-state index contributed by atoms with van der Waals surface area (Å²) in [5.41, 5.74) is 8.24. The van der Waals surface area contributed by atoms with E-state index in [1.807, 2.05) is 46.0 Å². The van der Waals surface area contributed by atoms with Gasteiger partial charge in [0.25, 0.3) is 0 Å². The predicted octanol–water partition coefficient (Wildman–Crippen LogP) is 3.03. The molecule has 5 rings (SSSR count). The molecule has 3 aromatic rings. The summed E-state index contributed by atoms with van der Waals surface area (Å²) in [7, 11) is 1.63. The number of ether oxygens (including phenoxy) is 2. The van der Waals surface area contributed by atoms with E-state index in [9.17, 15) is 18.3 Å². The maximum Gasteiger partial charge on any atom is 0.573 e. The third-order valence-electron chi connectivity index (χ3n) is 7.14. The number of hydrogen-bond acceptors (Lipinski definition) is 8. The number of aromatic nitrogens is 3. The van der Waals surface area contributed by atoms with Crippen LogP contribution in [0.1, 0.15) is 30.1 Å². The molecule has 2 aromatic heterocycles. The molecule has 4 heterocycles. The van der Waals surface area contributed by atoms with Gasteiger partial charge >= 0.3 is 6.36 Å². The van der Waals surface area contributed by atoms with Gasteiger partial charge in [-0.15, -0.1) is 13.2 Å². The second kappa shape index (κ2) is 9.93. The molecule has 0 saturated carbocycles. The van der Waals surface area contributed by atoms with E-state index < -0.39 is 18.5 Å². The van der Waals surface area contributed by atoms with Gasteiger partial charge in [-0.25, -0.2) is 4.98 Å². The second-order valence-electron chi connectivity index (χ2n) is 9.50. The average molecular weight is 519 g/mol. The number of rotatable bonds is 8. The summed E-state index contributed by atoms with van der Waals surface area (Å²) in [5.74, 6) is -0.905. The normalized spacial score (nSPS) is 21.3.